The molecule has 0 radical (unpaired) electrons. The molecule has 0 aliphatic carbocycles. The van der Waals surface area contributed by atoms with E-state index in [4.69, 9.17) is 5.11 Å². The van der Waals surface area contributed by atoms with Gasteiger partial charge in [-0.25, -0.2) is 12.8 Å². The van der Waals surface area contributed by atoms with Gasteiger partial charge in [0.2, 0.25) is 10.0 Å². The van der Waals surface area contributed by atoms with Crippen molar-refractivity contribution in [1.29, 1.82) is 0 Å². The molecule has 0 amide bonds. The third-order valence-corrected chi connectivity index (χ3v) is 5.16. The van der Waals surface area contributed by atoms with Crippen LogP contribution in [-0.4, -0.2) is 31.0 Å². The normalized spacial score (nSPS) is 11.8. The summed E-state index contributed by atoms with van der Waals surface area (Å²) in [5.74, 6) is -0.448. The highest BCUT2D eigenvalue weighted by Gasteiger charge is 2.24. The van der Waals surface area contributed by atoms with Gasteiger partial charge in [0, 0.05) is 13.1 Å². The van der Waals surface area contributed by atoms with Crippen molar-refractivity contribution in [1.82, 2.24) is 4.31 Å². The molecule has 0 aromatic heterocycles. The van der Waals surface area contributed by atoms with Crippen LogP contribution < -0.4 is 0 Å². The Morgan fingerprint density at radius 2 is 1.82 bits per heavy atom. The van der Waals surface area contributed by atoms with Gasteiger partial charge in [0.1, 0.15) is 5.82 Å². The number of hydrogen-bond donors (Lipinski definition) is 1. The van der Waals surface area contributed by atoms with Gasteiger partial charge in [0.05, 0.1) is 11.5 Å². The molecule has 2 aromatic carbocycles. The van der Waals surface area contributed by atoms with Crippen LogP contribution in [0.5, 0.6) is 0 Å². The van der Waals surface area contributed by atoms with Crippen LogP contribution in [0.2, 0.25) is 0 Å². The Labute approximate surface area is 129 Å². The minimum absolute atomic E-state index is 0.0202. The monoisotopic (exact) mass is 323 g/mol. The van der Waals surface area contributed by atoms with Crippen LogP contribution in [0.4, 0.5) is 4.39 Å². The minimum atomic E-state index is -3.79. The molecular weight excluding hydrogens is 305 g/mol. The molecule has 118 valence electrons. The van der Waals surface area contributed by atoms with Gasteiger partial charge in [-0.1, -0.05) is 30.3 Å². The van der Waals surface area contributed by atoms with E-state index in [1.54, 1.807) is 0 Å². The van der Waals surface area contributed by atoms with Crippen LogP contribution in [0.1, 0.15) is 11.1 Å². The molecule has 2 rings (SSSR count). The molecule has 0 saturated heterocycles. The molecule has 0 bridgehead atoms. The first-order chi connectivity index (χ1) is 10.4. The third kappa shape index (κ3) is 3.71. The van der Waals surface area contributed by atoms with Crippen LogP contribution in [-0.2, 0) is 16.6 Å². The van der Waals surface area contributed by atoms with E-state index in [1.165, 1.54) is 23.4 Å². The van der Waals surface area contributed by atoms with E-state index >= 15 is 0 Å². The standard InChI is InChI=1S/C16H18FNO3S/c1-13-11-15(7-8-16(13)17)22(20,21)18(9-10-19)12-14-5-3-2-4-6-14/h2-8,11,19H,9-10,12H2,1H3. The van der Waals surface area contributed by atoms with E-state index in [2.05, 4.69) is 0 Å². The molecular formula is C16H18FNO3S. The smallest absolute Gasteiger partial charge is 0.243 e. The fourth-order valence-corrected chi connectivity index (χ4v) is 3.61. The maximum Gasteiger partial charge on any atom is 0.243 e. The highest BCUT2D eigenvalue weighted by atomic mass is 32.2. The van der Waals surface area contributed by atoms with E-state index in [-0.39, 0.29) is 30.2 Å². The number of halogens is 1. The molecule has 0 saturated carbocycles. The number of aliphatic hydroxyl groups is 1. The Morgan fingerprint density at radius 1 is 1.14 bits per heavy atom. The number of aryl methyl sites for hydroxylation is 1. The maximum atomic E-state index is 13.3. The number of nitrogens with zero attached hydrogens (tertiary/aromatic N) is 1. The lowest BCUT2D eigenvalue weighted by atomic mass is 10.2. The number of benzene rings is 2. The number of sulfonamides is 1. The van der Waals surface area contributed by atoms with E-state index in [9.17, 15) is 12.8 Å². The summed E-state index contributed by atoms with van der Waals surface area (Å²) in [5, 5.41) is 9.16. The molecule has 22 heavy (non-hydrogen) atoms. The third-order valence-electron chi connectivity index (χ3n) is 3.32. The molecule has 0 unspecified atom stereocenters. The summed E-state index contributed by atoms with van der Waals surface area (Å²) in [4.78, 5) is 0.0239. The van der Waals surface area contributed by atoms with E-state index < -0.39 is 15.8 Å². The molecule has 0 aliphatic heterocycles. The first-order valence-electron chi connectivity index (χ1n) is 6.86. The van der Waals surface area contributed by atoms with Crippen LogP contribution in [0.25, 0.3) is 0 Å². The van der Waals surface area contributed by atoms with Crippen molar-refractivity contribution in [2.75, 3.05) is 13.2 Å². The molecule has 0 heterocycles. The van der Waals surface area contributed by atoms with Crippen molar-refractivity contribution in [3.63, 3.8) is 0 Å². The van der Waals surface area contributed by atoms with Crippen molar-refractivity contribution in [2.24, 2.45) is 0 Å². The lowest BCUT2D eigenvalue weighted by Gasteiger charge is -2.21. The Balaban J connectivity index is 2.35. The molecule has 4 nitrogen and oxygen atoms in total. The van der Waals surface area contributed by atoms with Crippen LogP contribution in [0.3, 0.4) is 0 Å². The molecule has 6 heteroatoms. The Kier molecular flexibility index (Phi) is 5.28. The molecule has 0 aliphatic rings. The number of rotatable bonds is 6. The molecule has 2 aromatic rings. The highest BCUT2D eigenvalue weighted by Crippen LogP contribution is 2.20. The first kappa shape index (κ1) is 16.6. The summed E-state index contributed by atoms with van der Waals surface area (Å²) in [6.45, 7) is 1.36. The predicted octanol–water partition coefficient (Wildman–Crippen LogP) is 2.32. The maximum absolute atomic E-state index is 13.3. The summed E-state index contributed by atoms with van der Waals surface area (Å²) in [7, 11) is -3.79. The molecule has 0 atom stereocenters. The van der Waals surface area contributed by atoms with Gasteiger partial charge in [0.25, 0.3) is 0 Å². The lowest BCUT2D eigenvalue weighted by molar-refractivity contribution is 0.251. The average Bonchev–Trinajstić information content (AvgIpc) is 2.50. The van der Waals surface area contributed by atoms with E-state index in [0.29, 0.717) is 0 Å². The highest BCUT2D eigenvalue weighted by molar-refractivity contribution is 7.89. The average molecular weight is 323 g/mol. The summed E-state index contributed by atoms with van der Waals surface area (Å²) >= 11 is 0. The van der Waals surface area contributed by atoms with Crippen LogP contribution in [0, 0.1) is 12.7 Å². The Bertz CT molecular complexity index is 732. The quantitative estimate of drug-likeness (QED) is 0.887. The Hall–Kier alpha value is -1.76. The van der Waals surface area contributed by atoms with Gasteiger partial charge in [-0.15, -0.1) is 0 Å². The predicted molar refractivity (Wildman–Crippen MR) is 82.3 cm³/mol. The van der Waals surface area contributed by atoms with Crippen molar-refractivity contribution in [2.45, 2.75) is 18.4 Å². The van der Waals surface area contributed by atoms with Crippen molar-refractivity contribution >= 4 is 10.0 Å². The first-order valence-corrected chi connectivity index (χ1v) is 8.30. The van der Waals surface area contributed by atoms with Crippen molar-refractivity contribution < 1.29 is 17.9 Å². The van der Waals surface area contributed by atoms with Gasteiger partial charge in [0.15, 0.2) is 0 Å². The fraction of sp³-hybridized carbons (Fsp3) is 0.250. The Morgan fingerprint density at radius 3 is 2.41 bits per heavy atom. The van der Waals surface area contributed by atoms with Crippen molar-refractivity contribution in [3.05, 3.63) is 65.5 Å². The summed E-state index contributed by atoms with van der Waals surface area (Å²) in [6.07, 6.45) is 0. The summed E-state index contributed by atoms with van der Waals surface area (Å²) in [5.41, 5.74) is 1.09. The van der Waals surface area contributed by atoms with Crippen molar-refractivity contribution in [3.8, 4) is 0 Å². The second kappa shape index (κ2) is 7.00. The largest absolute Gasteiger partial charge is 0.395 e. The summed E-state index contributed by atoms with van der Waals surface area (Å²) in [6, 6.07) is 12.8. The van der Waals surface area contributed by atoms with E-state index in [1.807, 2.05) is 30.3 Å². The van der Waals surface area contributed by atoms with Crippen LogP contribution >= 0.6 is 0 Å². The fourth-order valence-electron chi connectivity index (χ4n) is 2.11. The van der Waals surface area contributed by atoms with Gasteiger partial charge in [-0.2, -0.15) is 4.31 Å². The number of aliphatic hydroxyl groups excluding tert-OH is 1. The molecule has 0 fully saturated rings. The summed E-state index contributed by atoms with van der Waals surface area (Å²) < 4.78 is 39.9. The van der Waals surface area contributed by atoms with Gasteiger partial charge in [-0.05, 0) is 36.2 Å². The second-order valence-electron chi connectivity index (χ2n) is 4.96. The minimum Gasteiger partial charge on any atom is -0.395 e. The van der Waals surface area contributed by atoms with Gasteiger partial charge in [-0.3, -0.25) is 0 Å². The molecule has 0 spiro atoms. The topological polar surface area (TPSA) is 57.6 Å². The lowest BCUT2D eigenvalue weighted by Crippen LogP contribution is -2.33. The second-order valence-corrected chi connectivity index (χ2v) is 6.90. The zero-order valence-electron chi connectivity index (χ0n) is 12.2. The SMILES string of the molecule is Cc1cc(S(=O)(=O)N(CCO)Cc2ccccc2)ccc1F. The number of hydrogen-bond acceptors (Lipinski definition) is 3. The van der Waals surface area contributed by atoms with Gasteiger partial charge >= 0.3 is 0 Å². The zero-order valence-corrected chi connectivity index (χ0v) is 13.1. The van der Waals surface area contributed by atoms with Crippen LogP contribution in [0.15, 0.2) is 53.4 Å². The van der Waals surface area contributed by atoms with Gasteiger partial charge < -0.3 is 5.11 Å². The molecule has 1 N–H and O–H groups in total. The van der Waals surface area contributed by atoms with E-state index in [0.717, 1.165) is 11.6 Å². The zero-order chi connectivity index (χ0) is 16.2.